The van der Waals surface area contributed by atoms with Crippen molar-refractivity contribution in [3.8, 4) is 0 Å². The van der Waals surface area contributed by atoms with E-state index in [1.54, 1.807) is 23.5 Å². The first kappa shape index (κ1) is 24.2. The fourth-order valence-electron chi connectivity index (χ4n) is 3.90. The number of nitrogens with one attached hydrogen (secondary N) is 3. The van der Waals surface area contributed by atoms with Gasteiger partial charge in [0.05, 0.1) is 30.4 Å². The molecule has 3 aromatic rings. The van der Waals surface area contributed by atoms with Crippen molar-refractivity contribution in [2.45, 2.75) is 25.8 Å². The average molecular weight is 553 g/mol. The van der Waals surface area contributed by atoms with Crippen molar-refractivity contribution in [3.05, 3.63) is 36.7 Å². The van der Waals surface area contributed by atoms with Crippen molar-refractivity contribution in [2.75, 3.05) is 44.6 Å². The van der Waals surface area contributed by atoms with Crippen LogP contribution < -0.4 is 16.0 Å². The van der Waals surface area contributed by atoms with Crippen LogP contribution in [-0.4, -0.2) is 69.9 Å². The molecule has 0 amide bonds. The minimum atomic E-state index is 0. The molecule has 4 rings (SSSR count). The van der Waals surface area contributed by atoms with Gasteiger partial charge in [-0.05, 0) is 45.0 Å². The van der Waals surface area contributed by atoms with Gasteiger partial charge in [0.2, 0.25) is 0 Å². The largest absolute Gasteiger partial charge is 0.468 e. The first-order chi connectivity index (χ1) is 15.3. The van der Waals surface area contributed by atoms with Gasteiger partial charge in [0.25, 0.3) is 0 Å². The molecule has 0 aliphatic carbocycles. The fraction of sp³-hybridized carbons (Fsp3) is 0.524. The molecule has 0 radical (unpaired) electrons. The number of fused-ring (bicyclic) bond motifs is 1. The number of halogens is 1. The van der Waals surface area contributed by atoms with Gasteiger partial charge in [0, 0.05) is 26.7 Å². The topological polar surface area (TPSA) is 108 Å². The Hall–Kier alpha value is -2.41. The molecule has 0 spiro atoms. The summed E-state index contributed by atoms with van der Waals surface area (Å²) in [4.78, 5) is 15.9. The van der Waals surface area contributed by atoms with Crippen molar-refractivity contribution in [1.82, 2.24) is 35.3 Å². The lowest BCUT2D eigenvalue weighted by Crippen LogP contribution is -2.40. The minimum Gasteiger partial charge on any atom is -0.468 e. The van der Waals surface area contributed by atoms with Crippen LogP contribution in [0.25, 0.3) is 11.0 Å². The van der Waals surface area contributed by atoms with Crippen LogP contribution in [0.1, 0.15) is 31.6 Å². The molecular formula is C21H32IN9O. The quantitative estimate of drug-likeness (QED) is 0.161. The molecule has 174 valence electrons. The van der Waals surface area contributed by atoms with Crippen LogP contribution in [0.15, 0.2) is 40.3 Å². The molecule has 10 nitrogen and oxygen atoms in total. The molecular weight excluding hydrogens is 521 g/mol. The smallest absolute Gasteiger partial charge is 0.191 e. The van der Waals surface area contributed by atoms with Crippen molar-refractivity contribution in [2.24, 2.45) is 12.0 Å². The van der Waals surface area contributed by atoms with Crippen LogP contribution in [0.5, 0.6) is 0 Å². The molecule has 1 aliphatic heterocycles. The molecule has 0 bridgehead atoms. The Kier molecular flexibility index (Phi) is 9.09. The van der Waals surface area contributed by atoms with E-state index in [9.17, 15) is 0 Å². The second-order valence-electron chi connectivity index (χ2n) is 7.58. The molecule has 0 saturated carbocycles. The molecule has 1 atom stereocenters. The van der Waals surface area contributed by atoms with Crippen molar-refractivity contribution < 1.29 is 4.42 Å². The Bertz CT molecular complexity index is 982. The van der Waals surface area contributed by atoms with Crippen LogP contribution in [0.2, 0.25) is 0 Å². The zero-order chi connectivity index (χ0) is 21.5. The third-order valence-electron chi connectivity index (χ3n) is 5.46. The number of anilines is 1. The Labute approximate surface area is 205 Å². The van der Waals surface area contributed by atoms with Gasteiger partial charge in [0.15, 0.2) is 11.6 Å². The number of hydrogen-bond acceptors (Lipinski definition) is 7. The van der Waals surface area contributed by atoms with Crippen molar-refractivity contribution in [3.63, 3.8) is 0 Å². The maximum atomic E-state index is 5.70. The van der Waals surface area contributed by atoms with Gasteiger partial charge in [-0.25, -0.2) is 9.97 Å². The van der Waals surface area contributed by atoms with Gasteiger partial charge >= 0.3 is 0 Å². The van der Waals surface area contributed by atoms with E-state index in [0.29, 0.717) is 19.6 Å². The molecule has 1 unspecified atom stereocenters. The first-order valence-electron chi connectivity index (χ1n) is 10.9. The van der Waals surface area contributed by atoms with E-state index in [-0.39, 0.29) is 30.0 Å². The van der Waals surface area contributed by atoms with Crippen LogP contribution >= 0.6 is 24.0 Å². The Balaban J connectivity index is 0.00000289. The van der Waals surface area contributed by atoms with E-state index in [1.165, 1.54) is 12.8 Å². The Morgan fingerprint density at radius 3 is 2.81 bits per heavy atom. The summed E-state index contributed by atoms with van der Waals surface area (Å²) in [7, 11) is 1.87. The first-order valence-corrected chi connectivity index (χ1v) is 10.9. The number of nitrogens with zero attached hydrogens (tertiary/aromatic N) is 6. The summed E-state index contributed by atoms with van der Waals surface area (Å²) in [5.41, 5.74) is 0.811. The Morgan fingerprint density at radius 2 is 2.06 bits per heavy atom. The summed E-state index contributed by atoms with van der Waals surface area (Å²) < 4.78 is 7.45. The predicted molar refractivity (Wildman–Crippen MR) is 136 cm³/mol. The summed E-state index contributed by atoms with van der Waals surface area (Å²) >= 11 is 0. The number of aliphatic imine (C=N–C) groups is 1. The molecule has 1 fully saturated rings. The Morgan fingerprint density at radius 1 is 1.22 bits per heavy atom. The number of likely N-dealkylation sites (tertiary alicyclic amines) is 1. The van der Waals surface area contributed by atoms with Crippen molar-refractivity contribution >= 4 is 46.8 Å². The highest BCUT2D eigenvalue weighted by atomic mass is 127. The standard InChI is InChI=1S/C21H31N9O.HI/c1-3-22-21(25-14-17(18-7-6-12-31-18)30-10-4-5-11-30)24-9-8-23-19-16-13-28-29(2)20(16)27-15-26-19;/h6-7,12-13,15,17H,3-5,8-11,14H2,1-2H3,(H2,22,24,25)(H,23,26,27);1H. The summed E-state index contributed by atoms with van der Waals surface area (Å²) in [6.07, 6.45) is 7.54. The van der Waals surface area contributed by atoms with E-state index in [2.05, 4.69) is 42.8 Å². The van der Waals surface area contributed by atoms with Gasteiger partial charge in [-0.2, -0.15) is 5.10 Å². The van der Waals surface area contributed by atoms with Crippen LogP contribution in [0, 0.1) is 0 Å². The maximum absolute atomic E-state index is 5.70. The SMILES string of the molecule is CCNC(=NCC(c1ccco1)N1CCCC1)NCCNc1ncnc2c1cnn2C.I. The third-order valence-corrected chi connectivity index (χ3v) is 5.46. The van der Waals surface area contributed by atoms with Gasteiger partial charge in [-0.3, -0.25) is 14.6 Å². The van der Waals surface area contributed by atoms with E-state index in [0.717, 1.165) is 48.2 Å². The van der Waals surface area contributed by atoms with E-state index in [1.807, 2.05) is 19.2 Å². The number of hydrogen-bond donors (Lipinski definition) is 3. The normalized spacial score (nSPS) is 15.5. The zero-order valence-corrected chi connectivity index (χ0v) is 21.0. The van der Waals surface area contributed by atoms with Crippen LogP contribution in [0.4, 0.5) is 5.82 Å². The fourth-order valence-corrected chi connectivity index (χ4v) is 3.90. The number of furan rings is 1. The summed E-state index contributed by atoms with van der Waals surface area (Å²) in [6, 6.07) is 4.17. The van der Waals surface area contributed by atoms with Gasteiger partial charge in [0.1, 0.15) is 17.9 Å². The monoisotopic (exact) mass is 553 g/mol. The third kappa shape index (κ3) is 5.88. The highest BCUT2D eigenvalue weighted by molar-refractivity contribution is 14.0. The predicted octanol–water partition coefficient (Wildman–Crippen LogP) is 2.38. The van der Waals surface area contributed by atoms with E-state index in [4.69, 9.17) is 9.41 Å². The highest BCUT2D eigenvalue weighted by Gasteiger charge is 2.25. The number of rotatable bonds is 9. The van der Waals surface area contributed by atoms with Gasteiger partial charge < -0.3 is 20.4 Å². The number of guanidine groups is 1. The summed E-state index contributed by atoms with van der Waals surface area (Å²) in [5.74, 6) is 2.57. The van der Waals surface area contributed by atoms with Crippen molar-refractivity contribution in [1.29, 1.82) is 0 Å². The maximum Gasteiger partial charge on any atom is 0.191 e. The molecule has 1 aliphatic rings. The average Bonchev–Trinajstić information content (AvgIpc) is 3.55. The minimum absolute atomic E-state index is 0. The van der Waals surface area contributed by atoms with Crippen LogP contribution in [-0.2, 0) is 7.05 Å². The lowest BCUT2D eigenvalue weighted by Gasteiger charge is -2.24. The molecule has 32 heavy (non-hydrogen) atoms. The van der Waals surface area contributed by atoms with Gasteiger partial charge in [-0.15, -0.1) is 24.0 Å². The second-order valence-corrected chi connectivity index (χ2v) is 7.58. The summed E-state index contributed by atoms with van der Waals surface area (Å²) in [6.45, 7) is 7.11. The number of aryl methyl sites for hydroxylation is 1. The van der Waals surface area contributed by atoms with E-state index >= 15 is 0 Å². The second kappa shape index (κ2) is 12.0. The molecule has 3 aromatic heterocycles. The summed E-state index contributed by atoms with van der Waals surface area (Å²) in [5, 5.41) is 15.2. The molecule has 3 N–H and O–H groups in total. The van der Waals surface area contributed by atoms with E-state index < -0.39 is 0 Å². The molecule has 4 heterocycles. The molecule has 11 heteroatoms. The molecule has 1 saturated heterocycles. The van der Waals surface area contributed by atoms with Gasteiger partial charge in [-0.1, -0.05) is 0 Å². The highest BCUT2D eigenvalue weighted by Crippen LogP contribution is 2.25. The van der Waals surface area contributed by atoms with Crippen LogP contribution in [0.3, 0.4) is 0 Å². The lowest BCUT2D eigenvalue weighted by molar-refractivity contribution is 0.221. The lowest BCUT2D eigenvalue weighted by atomic mass is 10.2. The zero-order valence-electron chi connectivity index (χ0n) is 18.6. The molecule has 0 aromatic carbocycles. The number of aromatic nitrogens is 4.